The molecule has 1 aromatic heterocycles. The molecule has 2 aromatic rings. The van der Waals surface area contributed by atoms with Gasteiger partial charge in [-0.15, -0.1) is 5.10 Å². The van der Waals surface area contributed by atoms with Crippen molar-refractivity contribution >= 4 is 11.8 Å². The van der Waals surface area contributed by atoms with Gasteiger partial charge in [0.1, 0.15) is 0 Å². The fourth-order valence-corrected chi connectivity index (χ4v) is 2.92. The Morgan fingerprint density at radius 1 is 1.27 bits per heavy atom. The first-order valence-electron chi connectivity index (χ1n) is 7.98. The lowest BCUT2D eigenvalue weighted by molar-refractivity contribution is 0.441. The molecule has 0 amide bonds. The maximum Gasteiger partial charge on any atom is 0.247 e. The molecule has 1 aliphatic heterocycles. The summed E-state index contributed by atoms with van der Waals surface area (Å²) in [5.74, 6) is 2.20. The quantitative estimate of drug-likeness (QED) is 0.938. The molecule has 0 saturated carbocycles. The van der Waals surface area contributed by atoms with Gasteiger partial charge in [0, 0.05) is 19.1 Å². The van der Waals surface area contributed by atoms with E-state index in [2.05, 4.69) is 51.4 Å². The Bertz CT molecular complexity index is 601. The van der Waals surface area contributed by atoms with Crippen molar-refractivity contribution in [3.63, 3.8) is 0 Å². The number of hydrogen-bond acceptors (Lipinski definition) is 5. The Morgan fingerprint density at radius 2 is 2.09 bits per heavy atom. The lowest BCUT2D eigenvalue weighted by atomic mass is 10.0. The number of nitrogens with zero attached hydrogens (tertiary/aromatic N) is 4. The third-order valence-corrected chi connectivity index (χ3v) is 4.15. The van der Waals surface area contributed by atoms with Crippen molar-refractivity contribution in [1.29, 1.82) is 0 Å². The van der Waals surface area contributed by atoms with E-state index in [1.54, 1.807) is 6.20 Å². The molecule has 5 heteroatoms. The van der Waals surface area contributed by atoms with E-state index in [4.69, 9.17) is 0 Å². The van der Waals surface area contributed by atoms with E-state index in [0.717, 1.165) is 24.9 Å². The highest BCUT2D eigenvalue weighted by atomic mass is 15.3. The smallest absolute Gasteiger partial charge is 0.247 e. The summed E-state index contributed by atoms with van der Waals surface area (Å²) < 4.78 is 0. The van der Waals surface area contributed by atoms with Crippen LogP contribution in [0.1, 0.15) is 38.3 Å². The van der Waals surface area contributed by atoms with Crippen LogP contribution in [-0.4, -0.2) is 28.3 Å². The monoisotopic (exact) mass is 297 g/mol. The SMILES string of the molecule is CC1CCCN(c2nncc(NC(C)c3ccccc3)n2)C1. The van der Waals surface area contributed by atoms with Gasteiger partial charge in [0.15, 0.2) is 5.82 Å². The van der Waals surface area contributed by atoms with Crippen LogP contribution in [0.3, 0.4) is 0 Å². The number of aromatic nitrogens is 3. The maximum absolute atomic E-state index is 4.64. The minimum atomic E-state index is 0.186. The third kappa shape index (κ3) is 3.53. The van der Waals surface area contributed by atoms with Gasteiger partial charge in [-0.1, -0.05) is 37.3 Å². The van der Waals surface area contributed by atoms with Crippen molar-refractivity contribution in [2.45, 2.75) is 32.7 Å². The van der Waals surface area contributed by atoms with Gasteiger partial charge in [0.05, 0.1) is 6.20 Å². The first kappa shape index (κ1) is 14.8. The van der Waals surface area contributed by atoms with Crippen LogP contribution in [0.5, 0.6) is 0 Å². The average molecular weight is 297 g/mol. The minimum absolute atomic E-state index is 0.186. The summed E-state index contributed by atoms with van der Waals surface area (Å²) in [6.07, 6.45) is 4.17. The van der Waals surface area contributed by atoms with Crippen LogP contribution >= 0.6 is 0 Å². The third-order valence-electron chi connectivity index (χ3n) is 4.15. The summed E-state index contributed by atoms with van der Waals surface area (Å²) in [5, 5.41) is 11.7. The van der Waals surface area contributed by atoms with Crippen molar-refractivity contribution < 1.29 is 0 Å². The van der Waals surface area contributed by atoms with E-state index in [0.29, 0.717) is 5.92 Å². The molecule has 1 saturated heterocycles. The van der Waals surface area contributed by atoms with Gasteiger partial charge >= 0.3 is 0 Å². The second-order valence-electron chi connectivity index (χ2n) is 6.11. The highest BCUT2D eigenvalue weighted by Gasteiger charge is 2.19. The predicted molar refractivity (Wildman–Crippen MR) is 88.9 cm³/mol. The number of piperidine rings is 1. The number of anilines is 2. The van der Waals surface area contributed by atoms with Crippen LogP contribution in [0.25, 0.3) is 0 Å². The second-order valence-corrected chi connectivity index (χ2v) is 6.11. The van der Waals surface area contributed by atoms with Crippen LogP contribution in [0.2, 0.25) is 0 Å². The summed E-state index contributed by atoms with van der Waals surface area (Å²) in [6.45, 7) is 6.43. The Labute approximate surface area is 131 Å². The van der Waals surface area contributed by atoms with Gasteiger partial charge < -0.3 is 10.2 Å². The minimum Gasteiger partial charge on any atom is -0.362 e. The molecule has 0 radical (unpaired) electrons. The molecule has 0 bridgehead atoms. The Kier molecular flexibility index (Phi) is 4.51. The molecule has 1 N–H and O–H groups in total. The first-order chi connectivity index (χ1) is 10.7. The molecule has 2 heterocycles. The van der Waals surface area contributed by atoms with E-state index in [9.17, 15) is 0 Å². The number of hydrogen-bond donors (Lipinski definition) is 1. The maximum atomic E-state index is 4.64. The van der Waals surface area contributed by atoms with E-state index < -0.39 is 0 Å². The zero-order chi connectivity index (χ0) is 15.4. The average Bonchev–Trinajstić information content (AvgIpc) is 2.56. The Balaban J connectivity index is 1.71. The van der Waals surface area contributed by atoms with Gasteiger partial charge in [-0.05, 0) is 31.2 Å². The molecule has 0 aliphatic carbocycles. The molecule has 116 valence electrons. The van der Waals surface area contributed by atoms with E-state index in [1.165, 1.54) is 18.4 Å². The predicted octanol–water partition coefficient (Wildman–Crippen LogP) is 3.28. The lowest BCUT2D eigenvalue weighted by Crippen LogP contribution is -2.35. The van der Waals surface area contributed by atoms with Crippen LogP contribution in [0.15, 0.2) is 36.5 Å². The van der Waals surface area contributed by atoms with Crippen LogP contribution in [-0.2, 0) is 0 Å². The zero-order valence-corrected chi connectivity index (χ0v) is 13.2. The number of benzene rings is 1. The van der Waals surface area contributed by atoms with Gasteiger partial charge in [0.2, 0.25) is 5.95 Å². The van der Waals surface area contributed by atoms with Crippen molar-refractivity contribution in [3.8, 4) is 0 Å². The largest absolute Gasteiger partial charge is 0.362 e. The number of rotatable bonds is 4. The van der Waals surface area contributed by atoms with Crippen molar-refractivity contribution in [2.24, 2.45) is 5.92 Å². The van der Waals surface area contributed by atoms with Crippen LogP contribution in [0.4, 0.5) is 11.8 Å². The van der Waals surface area contributed by atoms with Gasteiger partial charge in [-0.3, -0.25) is 0 Å². The van der Waals surface area contributed by atoms with Gasteiger partial charge in [0.25, 0.3) is 0 Å². The molecule has 0 spiro atoms. The van der Waals surface area contributed by atoms with Crippen LogP contribution in [0, 0.1) is 5.92 Å². The van der Waals surface area contributed by atoms with E-state index >= 15 is 0 Å². The molecule has 22 heavy (non-hydrogen) atoms. The molecular weight excluding hydrogens is 274 g/mol. The Morgan fingerprint density at radius 3 is 2.86 bits per heavy atom. The van der Waals surface area contributed by atoms with E-state index in [-0.39, 0.29) is 6.04 Å². The summed E-state index contributed by atoms with van der Waals surface area (Å²) in [4.78, 5) is 6.87. The van der Waals surface area contributed by atoms with Crippen molar-refractivity contribution in [1.82, 2.24) is 15.2 Å². The molecule has 1 fully saturated rings. The molecule has 1 aromatic carbocycles. The summed E-state index contributed by atoms with van der Waals surface area (Å²) in [6, 6.07) is 10.5. The summed E-state index contributed by atoms with van der Waals surface area (Å²) in [5.41, 5.74) is 1.23. The fraction of sp³-hybridized carbons (Fsp3) is 0.471. The zero-order valence-electron chi connectivity index (χ0n) is 13.2. The van der Waals surface area contributed by atoms with Crippen LogP contribution < -0.4 is 10.2 Å². The molecule has 5 nitrogen and oxygen atoms in total. The van der Waals surface area contributed by atoms with Gasteiger partial charge in [-0.25, -0.2) is 0 Å². The molecule has 2 atom stereocenters. The first-order valence-corrected chi connectivity index (χ1v) is 7.98. The highest BCUT2D eigenvalue weighted by molar-refractivity contribution is 5.41. The van der Waals surface area contributed by atoms with Crippen molar-refractivity contribution in [3.05, 3.63) is 42.1 Å². The highest BCUT2D eigenvalue weighted by Crippen LogP contribution is 2.21. The normalized spacial score (nSPS) is 19.7. The van der Waals surface area contributed by atoms with Crippen molar-refractivity contribution in [2.75, 3.05) is 23.3 Å². The van der Waals surface area contributed by atoms with E-state index in [1.807, 2.05) is 18.2 Å². The molecule has 2 unspecified atom stereocenters. The molecular formula is C17H23N5. The standard InChI is InChI=1S/C17H23N5/c1-13-7-6-10-22(12-13)17-20-16(11-18-21-17)19-14(2)15-8-4-3-5-9-15/h3-5,8-9,11,13-14H,6-7,10,12H2,1-2H3,(H,19,20,21). The molecule has 1 aliphatic rings. The topological polar surface area (TPSA) is 53.9 Å². The van der Waals surface area contributed by atoms with Gasteiger partial charge in [-0.2, -0.15) is 10.1 Å². The summed E-state index contributed by atoms with van der Waals surface area (Å²) >= 11 is 0. The lowest BCUT2D eigenvalue weighted by Gasteiger charge is -2.30. The summed E-state index contributed by atoms with van der Waals surface area (Å²) in [7, 11) is 0. The molecule has 3 rings (SSSR count). The fourth-order valence-electron chi connectivity index (χ4n) is 2.92. The second kappa shape index (κ2) is 6.73. The number of nitrogens with one attached hydrogen (secondary N) is 1. The Hall–Kier alpha value is -2.17.